The number of rotatable bonds is 49. The van der Waals surface area contributed by atoms with Gasteiger partial charge in [-0.2, -0.15) is 0 Å². The number of carbonyl (C=O) groups excluding carboxylic acids is 2. The molecule has 2 rings (SSSR count). The molecule has 0 aromatic carbocycles. The van der Waals surface area contributed by atoms with Crippen molar-refractivity contribution in [3.63, 3.8) is 0 Å². The lowest BCUT2D eigenvalue weighted by molar-refractivity contribution is -0.326. The van der Waals surface area contributed by atoms with E-state index in [9.17, 15) is 50.4 Å². The Morgan fingerprint density at radius 1 is 0.671 bits per heavy atom. The first kappa shape index (κ1) is 74.9. The number of nitrogens with one attached hydrogen (secondary N) is 1. The van der Waals surface area contributed by atoms with E-state index in [2.05, 4.69) is 38.2 Å². The minimum atomic E-state index is -2.28. The number of amides is 2. The van der Waals surface area contributed by atoms with Gasteiger partial charge in [0.15, 0.2) is 12.4 Å². The number of aliphatic hydroxyl groups is 8. The summed E-state index contributed by atoms with van der Waals surface area (Å²) in [5.74, 6) is -1.54. The van der Waals surface area contributed by atoms with Crippen molar-refractivity contribution in [2.45, 2.75) is 109 Å². The van der Waals surface area contributed by atoms with Gasteiger partial charge in [0.1, 0.15) is 42.7 Å². The van der Waals surface area contributed by atoms with Gasteiger partial charge in [0, 0.05) is 32.8 Å². The first-order valence-corrected chi connectivity index (χ1v) is 28.3. The lowest BCUT2D eigenvalue weighted by Gasteiger charge is -2.42. The lowest BCUT2D eigenvalue weighted by atomic mass is 9.72. The summed E-state index contributed by atoms with van der Waals surface area (Å²) < 4.78 is 70.8. The Bertz CT molecular complexity index is 1830. The molecule has 2 aliphatic rings. The van der Waals surface area contributed by atoms with Gasteiger partial charge < -0.3 is 113 Å². The highest BCUT2D eigenvalue weighted by molar-refractivity contribution is 5.88. The van der Waals surface area contributed by atoms with Gasteiger partial charge in [-0.25, -0.2) is 0 Å². The van der Waals surface area contributed by atoms with Crippen LogP contribution in [0, 0.1) is 5.41 Å². The molecule has 0 aromatic heterocycles. The number of hydrogen-bond acceptors (Lipinski definition) is 23. The molecule has 25 heteroatoms. The molecule has 1 aliphatic carbocycles. The van der Waals surface area contributed by atoms with E-state index < -0.39 is 80.1 Å². The Hall–Kier alpha value is -3.20. The van der Waals surface area contributed by atoms with E-state index in [4.69, 9.17) is 61.6 Å². The summed E-state index contributed by atoms with van der Waals surface area (Å²) in [4.78, 5) is 28.2. The van der Waals surface area contributed by atoms with Crippen LogP contribution in [0.1, 0.15) is 53.9 Å². The predicted octanol–water partition coefficient (Wildman–Crippen LogP) is -0.465. The molecule has 1 aliphatic heterocycles. The summed E-state index contributed by atoms with van der Waals surface area (Å²) in [6, 6.07) is 0. The Labute approximate surface area is 484 Å². The molecule has 1 saturated heterocycles. The van der Waals surface area contributed by atoms with Crippen LogP contribution in [0.3, 0.4) is 0 Å². The minimum absolute atomic E-state index is 0.0654. The van der Waals surface area contributed by atoms with Crippen LogP contribution in [-0.2, 0) is 71.2 Å². The Balaban J connectivity index is 1.75. The maximum Gasteiger partial charge on any atom is 0.251 e. The summed E-state index contributed by atoms with van der Waals surface area (Å²) in [5, 5.41) is 84.6. The van der Waals surface area contributed by atoms with E-state index in [-0.39, 0.29) is 44.9 Å². The summed E-state index contributed by atoms with van der Waals surface area (Å²) in [6.07, 6.45) is -2.55. The fraction of sp³-hybridized carbons (Fsp3) is 0.789. The van der Waals surface area contributed by atoms with Crippen LogP contribution in [0.25, 0.3) is 0 Å². The Kier molecular flexibility index (Phi) is 42.1. The standard InChI is InChI=1S/C57H100N2O23/c1-42(12-13-45-44(3)11-8-14-57(45,4)5)9-7-10-43(2)39-48(63)59(16-15-58-55(69)52(67)51(66)54(46(62)40-60)82-56-53(68)50(65)49(64)47(41-61)81-56)17-18-71-21-22-73-25-26-75-29-30-77-33-34-79-37-38-80-36-35-78-32-31-76-28-27-74-24-23-72-20-19-70-6/h7,9-10,12-13,39,46-47,49-54,56,60-62,64-68H,8,11,14-38,40-41H2,1-6H3,(H,58,69)/t46-,47-,49+,50+,51-,52-,53-,54-,56+/m1/s1. The van der Waals surface area contributed by atoms with Crippen molar-refractivity contribution >= 4 is 11.8 Å². The molecule has 1 heterocycles. The lowest BCUT2D eigenvalue weighted by Crippen LogP contribution is -2.62. The first-order valence-electron chi connectivity index (χ1n) is 28.3. The van der Waals surface area contributed by atoms with Gasteiger partial charge in [-0.15, -0.1) is 0 Å². The number of methoxy groups -OCH3 is 1. The van der Waals surface area contributed by atoms with Gasteiger partial charge in [0.2, 0.25) is 5.91 Å². The molecular weight excluding hydrogens is 1080 g/mol. The zero-order chi connectivity index (χ0) is 60.4. The third kappa shape index (κ3) is 32.3. The van der Waals surface area contributed by atoms with Crippen molar-refractivity contribution in [1.29, 1.82) is 0 Å². The third-order valence-electron chi connectivity index (χ3n) is 13.0. The van der Waals surface area contributed by atoms with Crippen molar-refractivity contribution in [2.24, 2.45) is 5.41 Å². The molecule has 2 amide bonds. The predicted molar refractivity (Wildman–Crippen MR) is 300 cm³/mol. The maximum atomic E-state index is 13.6. The van der Waals surface area contributed by atoms with Gasteiger partial charge >= 0.3 is 0 Å². The molecule has 1 fully saturated rings. The first-order chi connectivity index (χ1) is 39.5. The molecule has 0 spiro atoms. The Morgan fingerprint density at radius 3 is 1.60 bits per heavy atom. The van der Waals surface area contributed by atoms with Crippen molar-refractivity contribution in [1.82, 2.24) is 10.2 Å². The normalized spacial score (nSPS) is 21.4. The molecule has 0 saturated carbocycles. The third-order valence-corrected chi connectivity index (χ3v) is 13.0. The van der Waals surface area contributed by atoms with Gasteiger partial charge in [-0.1, -0.05) is 55.4 Å². The van der Waals surface area contributed by atoms with E-state index in [0.29, 0.717) is 124 Å². The summed E-state index contributed by atoms with van der Waals surface area (Å²) >= 11 is 0. The summed E-state index contributed by atoms with van der Waals surface area (Å²) in [7, 11) is 1.63. The fourth-order valence-electron chi connectivity index (χ4n) is 8.29. The molecule has 9 N–H and O–H groups in total. The molecule has 82 heavy (non-hydrogen) atoms. The fourth-order valence-corrected chi connectivity index (χ4v) is 8.29. The molecule has 0 unspecified atom stereocenters. The number of carbonyl (C=O) groups is 2. The average molecular weight is 1180 g/mol. The molecule has 25 nitrogen and oxygen atoms in total. The van der Waals surface area contributed by atoms with E-state index in [0.717, 1.165) is 18.4 Å². The zero-order valence-electron chi connectivity index (χ0n) is 49.3. The van der Waals surface area contributed by atoms with Gasteiger partial charge in [-0.3, -0.25) is 9.59 Å². The number of aliphatic hydroxyl groups excluding tert-OH is 8. The van der Waals surface area contributed by atoms with Gasteiger partial charge in [-0.05, 0) is 56.6 Å². The SMILES string of the molecule is COCCOCCOCCOCCOCCOCCOCCOCCOCCOCCOCCN(CCNC(=O)[C@H](O)[C@@H](O)[C@H](O[C@@H]1O[C@H](CO)[C@H](O)[C@H](O)[C@H]1O)[C@H](O)CO)C(=O)C=C(C)C=CC=C(C)C=CC1=C(C)CCCC1(C)C. The van der Waals surface area contributed by atoms with E-state index in [1.165, 1.54) is 28.5 Å². The molecule has 9 atom stereocenters. The van der Waals surface area contributed by atoms with E-state index in [1.807, 2.05) is 19.1 Å². The van der Waals surface area contributed by atoms with E-state index >= 15 is 0 Å². The van der Waals surface area contributed by atoms with Crippen molar-refractivity contribution in [3.8, 4) is 0 Å². The molecule has 476 valence electrons. The second kappa shape index (κ2) is 46.1. The topological polar surface area (TPSA) is 331 Å². The summed E-state index contributed by atoms with van der Waals surface area (Å²) in [5.41, 5.74) is 4.55. The minimum Gasteiger partial charge on any atom is -0.394 e. The largest absolute Gasteiger partial charge is 0.394 e. The van der Waals surface area contributed by atoms with Gasteiger partial charge in [0.25, 0.3) is 5.91 Å². The molecule has 0 bridgehead atoms. The Morgan fingerprint density at radius 2 is 1.15 bits per heavy atom. The number of hydrogen-bond donors (Lipinski definition) is 9. The van der Waals surface area contributed by atoms with Gasteiger partial charge in [0.05, 0.1) is 152 Å². The monoisotopic (exact) mass is 1180 g/mol. The highest BCUT2D eigenvalue weighted by atomic mass is 16.7. The zero-order valence-corrected chi connectivity index (χ0v) is 49.3. The van der Waals surface area contributed by atoms with Crippen LogP contribution in [-0.4, -0.2) is 291 Å². The molecule has 0 radical (unpaired) electrons. The molecular formula is C57H100N2O23. The number of ether oxygens (including phenoxy) is 13. The number of nitrogens with zero attached hydrogens (tertiary/aromatic N) is 1. The van der Waals surface area contributed by atoms with Crippen LogP contribution >= 0.6 is 0 Å². The average Bonchev–Trinajstić information content (AvgIpc) is 3.46. The molecule has 0 aromatic rings. The van der Waals surface area contributed by atoms with Crippen molar-refractivity contribution in [2.75, 3.05) is 179 Å². The number of allylic oxidation sites excluding steroid dienone is 9. The van der Waals surface area contributed by atoms with E-state index in [1.54, 1.807) is 20.1 Å². The van der Waals surface area contributed by atoms with Crippen molar-refractivity contribution < 1.29 is 112 Å². The van der Waals surface area contributed by atoms with Crippen LogP contribution in [0.2, 0.25) is 0 Å². The highest BCUT2D eigenvalue weighted by Gasteiger charge is 2.47. The quantitative estimate of drug-likeness (QED) is 0.0211. The van der Waals surface area contributed by atoms with Crippen LogP contribution in [0.5, 0.6) is 0 Å². The second-order valence-electron chi connectivity index (χ2n) is 20.1. The second-order valence-corrected chi connectivity index (χ2v) is 20.1. The van der Waals surface area contributed by atoms with Crippen LogP contribution in [0.4, 0.5) is 0 Å². The van der Waals surface area contributed by atoms with Crippen LogP contribution < -0.4 is 5.32 Å². The van der Waals surface area contributed by atoms with Crippen molar-refractivity contribution in [3.05, 3.63) is 58.7 Å². The van der Waals surface area contributed by atoms with Crippen LogP contribution in [0.15, 0.2) is 58.7 Å². The smallest absolute Gasteiger partial charge is 0.251 e. The summed E-state index contributed by atoms with van der Waals surface area (Å²) in [6.45, 7) is 17.2. The maximum absolute atomic E-state index is 13.6. The highest BCUT2D eigenvalue weighted by Crippen LogP contribution is 2.40.